The number of benzene rings is 1. The summed E-state index contributed by atoms with van der Waals surface area (Å²) in [6.45, 7) is 2.97. The van der Waals surface area contributed by atoms with Crippen molar-refractivity contribution < 1.29 is 17.9 Å². The molecule has 0 bridgehead atoms. The summed E-state index contributed by atoms with van der Waals surface area (Å²) in [5, 5.41) is 0. The van der Waals surface area contributed by atoms with Crippen LogP contribution in [0.2, 0.25) is 0 Å². The molecular formula is C22H28N6O4S. The van der Waals surface area contributed by atoms with Gasteiger partial charge in [-0.2, -0.15) is 12.7 Å². The molecular weight excluding hydrogens is 444 g/mol. The summed E-state index contributed by atoms with van der Waals surface area (Å²) >= 11 is 0. The molecule has 0 radical (unpaired) electrons. The van der Waals surface area contributed by atoms with Crippen LogP contribution in [0.15, 0.2) is 36.7 Å². The quantitative estimate of drug-likeness (QED) is 0.552. The number of rotatable bonds is 7. The molecule has 1 aliphatic heterocycles. The van der Waals surface area contributed by atoms with Crippen LogP contribution in [0.1, 0.15) is 5.56 Å². The van der Waals surface area contributed by atoms with E-state index >= 15 is 0 Å². The highest BCUT2D eigenvalue weighted by Crippen LogP contribution is 2.30. The second kappa shape index (κ2) is 9.56. The van der Waals surface area contributed by atoms with Crippen molar-refractivity contribution in [2.45, 2.75) is 13.0 Å². The molecule has 1 fully saturated rings. The van der Waals surface area contributed by atoms with Crippen LogP contribution in [0.3, 0.4) is 0 Å². The Balaban J connectivity index is 1.61. The first kappa shape index (κ1) is 23.3. The third kappa shape index (κ3) is 5.06. The Kier molecular flexibility index (Phi) is 6.75. The summed E-state index contributed by atoms with van der Waals surface area (Å²) in [5.74, 6) is 0.335. The van der Waals surface area contributed by atoms with Gasteiger partial charge in [-0.05, 0) is 30.7 Å². The first-order valence-corrected chi connectivity index (χ1v) is 12.1. The van der Waals surface area contributed by atoms with Crippen molar-refractivity contribution in [3.8, 4) is 17.1 Å². The van der Waals surface area contributed by atoms with E-state index in [9.17, 15) is 8.42 Å². The van der Waals surface area contributed by atoms with Gasteiger partial charge in [0.1, 0.15) is 12.7 Å². The molecule has 0 amide bonds. The first-order valence-electron chi connectivity index (χ1n) is 10.6. The number of nitrogens with zero attached hydrogens (tertiary/aromatic N) is 5. The Morgan fingerprint density at radius 1 is 1.24 bits per heavy atom. The number of hydrogen-bond acceptors (Lipinski definition) is 8. The number of fused-ring (bicyclic) bond motifs is 1. The lowest BCUT2D eigenvalue weighted by molar-refractivity contribution is -0.0256. The molecule has 4 rings (SSSR count). The zero-order valence-corrected chi connectivity index (χ0v) is 20.0. The normalized spacial score (nSPS) is 17.3. The van der Waals surface area contributed by atoms with Crippen LogP contribution in [0.4, 0.5) is 5.69 Å². The van der Waals surface area contributed by atoms with Crippen LogP contribution in [0, 0.1) is 6.92 Å². The average molecular weight is 473 g/mol. The van der Waals surface area contributed by atoms with E-state index in [1.54, 1.807) is 12.4 Å². The van der Waals surface area contributed by atoms with Gasteiger partial charge in [-0.3, -0.25) is 4.98 Å². The lowest BCUT2D eigenvalue weighted by Crippen LogP contribution is -2.50. The summed E-state index contributed by atoms with van der Waals surface area (Å²) in [6, 6.07) is 8.04. The molecule has 0 unspecified atom stereocenters. The predicted molar refractivity (Wildman–Crippen MR) is 127 cm³/mol. The summed E-state index contributed by atoms with van der Waals surface area (Å²) < 4.78 is 39.7. The second-order valence-corrected chi connectivity index (χ2v) is 9.88. The van der Waals surface area contributed by atoms with Crippen molar-refractivity contribution in [1.29, 1.82) is 0 Å². The van der Waals surface area contributed by atoms with E-state index < -0.39 is 16.3 Å². The van der Waals surface area contributed by atoms with Gasteiger partial charge in [0.15, 0.2) is 5.52 Å². The molecule has 176 valence electrons. The SMILES string of the molecule is CNS(=O)(=O)N1CCO[C@H](COc2nc(-c3ccc(N(C)C)c(C)c3)cc3nccnc23)C1. The lowest BCUT2D eigenvalue weighted by Gasteiger charge is -2.31. The van der Waals surface area contributed by atoms with E-state index in [4.69, 9.17) is 14.5 Å². The van der Waals surface area contributed by atoms with Crippen LogP contribution in [0.25, 0.3) is 22.3 Å². The highest BCUT2D eigenvalue weighted by molar-refractivity contribution is 7.87. The topological polar surface area (TPSA) is 110 Å². The summed E-state index contributed by atoms with van der Waals surface area (Å²) in [7, 11) is 1.89. The van der Waals surface area contributed by atoms with Gasteiger partial charge in [0.2, 0.25) is 5.88 Å². The Bertz CT molecular complexity index is 1250. The molecule has 3 aromatic rings. The third-order valence-electron chi connectivity index (χ3n) is 5.50. The van der Waals surface area contributed by atoms with Crippen LogP contribution in [-0.2, 0) is 14.9 Å². The number of aromatic nitrogens is 3. The van der Waals surface area contributed by atoms with Crippen LogP contribution >= 0.6 is 0 Å². The molecule has 1 N–H and O–H groups in total. The number of aryl methyl sites for hydroxylation is 1. The number of ether oxygens (including phenoxy) is 2. The monoisotopic (exact) mass is 472 g/mol. The summed E-state index contributed by atoms with van der Waals surface area (Å²) in [6.07, 6.45) is 2.78. The number of nitrogens with one attached hydrogen (secondary N) is 1. The maximum absolute atomic E-state index is 12.1. The first-order chi connectivity index (χ1) is 15.8. The number of anilines is 1. The van der Waals surface area contributed by atoms with E-state index in [-0.39, 0.29) is 13.2 Å². The minimum absolute atomic E-state index is 0.135. The van der Waals surface area contributed by atoms with Crippen molar-refractivity contribution in [1.82, 2.24) is 24.0 Å². The minimum Gasteiger partial charge on any atom is -0.473 e. The zero-order chi connectivity index (χ0) is 23.6. The molecule has 1 saturated heterocycles. The fourth-order valence-electron chi connectivity index (χ4n) is 3.82. The summed E-state index contributed by atoms with van der Waals surface area (Å²) in [5.41, 5.74) is 5.12. The molecule has 3 heterocycles. The molecule has 10 nitrogen and oxygen atoms in total. The number of pyridine rings is 1. The molecule has 0 saturated carbocycles. The molecule has 0 aliphatic carbocycles. The van der Waals surface area contributed by atoms with Crippen molar-refractivity contribution in [3.05, 3.63) is 42.2 Å². The maximum Gasteiger partial charge on any atom is 0.279 e. The molecule has 1 aromatic carbocycles. The standard InChI is InChI=1S/C22H28N6O4S/c1-15-11-16(5-6-20(15)27(3)4)18-12-19-21(25-8-7-24-19)22(26-18)32-14-17-13-28(9-10-31-17)33(29,30)23-2/h5-8,11-12,17,23H,9-10,13-14H2,1-4H3/t17-/m0/s1. The van der Waals surface area contributed by atoms with Gasteiger partial charge in [-0.25, -0.2) is 14.7 Å². The second-order valence-electron chi connectivity index (χ2n) is 8.00. The van der Waals surface area contributed by atoms with Gasteiger partial charge in [-0.15, -0.1) is 0 Å². The largest absolute Gasteiger partial charge is 0.473 e. The molecule has 1 aliphatic rings. The predicted octanol–water partition coefficient (Wildman–Crippen LogP) is 1.61. The fraction of sp³-hybridized carbons (Fsp3) is 0.409. The van der Waals surface area contributed by atoms with Crippen LogP contribution in [-0.4, -0.2) is 81.2 Å². The van der Waals surface area contributed by atoms with Gasteiger partial charge in [0.25, 0.3) is 10.2 Å². The van der Waals surface area contributed by atoms with E-state index in [1.807, 2.05) is 26.2 Å². The van der Waals surface area contributed by atoms with E-state index in [0.717, 1.165) is 22.5 Å². The minimum atomic E-state index is -3.52. The van der Waals surface area contributed by atoms with Gasteiger partial charge in [-0.1, -0.05) is 6.07 Å². The van der Waals surface area contributed by atoms with E-state index in [0.29, 0.717) is 30.1 Å². The van der Waals surface area contributed by atoms with E-state index in [1.165, 1.54) is 11.4 Å². The maximum atomic E-state index is 12.1. The fourth-order valence-corrected chi connectivity index (χ4v) is 4.76. The van der Waals surface area contributed by atoms with Crippen molar-refractivity contribution >= 4 is 26.9 Å². The number of morpholine rings is 1. The summed E-state index contributed by atoms with van der Waals surface area (Å²) in [4.78, 5) is 15.6. The Morgan fingerprint density at radius 2 is 2.03 bits per heavy atom. The Hall–Kier alpha value is -2.86. The van der Waals surface area contributed by atoms with E-state index in [2.05, 4.69) is 38.6 Å². The van der Waals surface area contributed by atoms with Crippen molar-refractivity contribution in [2.75, 3.05) is 52.3 Å². The average Bonchev–Trinajstić information content (AvgIpc) is 2.82. The van der Waals surface area contributed by atoms with Crippen LogP contribution in [0.5, 0.6) is 5.88 Å². The third-order valence-corrected chi connectivity index (χ3v) is 7.03. The molecule has 0 spiro atoms. The lowest BCUT2D eigenvalue weighted by atomic mass is 10.1. The zero-order valence-electron chi connectivity index (χ0n) is 19.1. The van der Waals surface area contributed by atoms with Crippen LogP contribution < -0.4 is 14.4 Å². The molecule has 11 heteroatoms. The van der Waals surface area contributed by atoms with Gasteiger partial charge in [0, 0.05) is 57.9 Å². The molecule has 33 heavy (non-hydrogen) atoms. The van der Waals surface area contributed by atoms with Gasteiger partial charge in [0.05, 0.1) is 17.8 Å². The molecule has 2 aromatic heterocycles. The highest BCUT2D eigenvalue weighted by atomic mass is 32.2. The smallest absolute Gasteiger partial charge is 0.279 e. The Labute approximate surface area is 193 Å². The Morgan fingerprint density at radius 3 is 2.76 bits per heavy atom. The van der Waals surface area contributed by atoms with Gasteiger partial charge < -0.3 is 14.4 Å². The number of hydrogen-bond donors (Lipinski definition) is 1. The van der Waals surface area contributed by atoms with Crippen molar-refractivity contribution in [3.63, 3.8) is 0 Å². The highest BCUT2D eigenvalue weighted by Gasteiger charge is 2.29. The molecule has 1 atom stereocenters. The van der Waals surface area contributed by atoms with Crippen molar-refractivity contribution in [2.24, 2.45) is 0 Å². The van der Waals surface area contributed by atoms with Gasteiger partial charge >= 0.3 is 0 Å².